The van der Waals surface area contributed by atoms with Crippen molar-refractivity contribution in [2.45, 2.75) is 33.3 Å². The predicted octanol–water partition coefficient (Wildman–Crippen LogP) is 4.06. The minimum absolute atomic E-state index is 0.269. The van der Waals surface area contributed by atoms with Gasteiger partial charge in [-0.1, -0.05) is 38.1 Å². The molecule has 0 aliphatic heterocycles. The topological polar surface area (TPSA) is 52.3 Å². The van der Waals surface area contributed by atoms with Gasteiger partial charge in [0, 0.05) is 5.69 Å². The molecule has 0 radical (unpaired) electrons. The number of benzene rings is 2. The van der Waals surface area contributed by atoms with E-state index in [2.05, 4.69) is 26.0 Å². The Labute approximate surface area is 125 Å². The quantitative estimate of drug-likeness (QED) is 0.680. The zero-order valence-corrected chi connectivity index (χ0v) is 12.7. The second-order valence-corrected chi connectivity index (χ2v) is 5.60. The zero-order valence-electron chi connectivity index (χ0n) is 12.7. The molecule has 2 aromatic carbocycles. The van der Waals surface area contributed by atoms with Crippen LogP contribution in [0.1, 0.15) is 46.8 Å². The Morgan fingerprint density at radius 2 is 1.81 bits per heavy atom. The molecule has 0 amide bonds. The van der Waals surface area contributed by atoms with Gasteiger partial charge in [-0.15, -0.1) is 0 Å². The molecule has 0 atom stereocenters. The van der Waals surface area contributed by atoms with Gasteiger partial charge in [0.1, 0.15) is 6.61 Å². The first-order valence-electron chi connectivity index (χ1n) is 7.09. The fraction of sp³-hybridized carbons (Fsp3) is 0.278. The molecule has 0 fully saturated rings. The lowest BCUT2D eigenvalue weighted by Crippen LogP contribution is -2.06. The first kappa shape index (κ1) is 15.1. The number of carbonyl (C=O) groups is 1. The van der Waals surface area contributed by atoms with Gasteiger partial charge in [-0.3, -0.25) is 0 Å². The summed E-state index contributed by atoms with van der Waals surface area (Å²) < 4.78 is 5.33. The molecule has 2 N–H and O–H groups in total. The monoisotopic (exact) mass is 283 g/mol. The number of aryl methyl sites for hydroxylation is 1. The van der Waals surface area contributed by atoms with E-state index >= 15 is 0 Å². The third kappa shape index (κ3) is 4.09. The third-order valence-electron chi connectivity index (χ3n) is 3.35. The SMILES string of the molecule is Cc1cc(N)cc(C(=O)OCc2ccc(C(C)C)cc2)c1. The molecule has 0 aromatic heterocycles. The predicted molar refractivity (Wildman–Crippen MR) is 85.2 cm³/mol. The van der Waals surface area contributed by atoms with E-state index in [0.29, 0.717) is 17.2 Å². The first-order valence-corrected chi connectivity index (χ1v) is 7.09. The average molecular weight is 283 g/mol. The molecule has 0 saturated heterocycles. The van der Waals surface area contributed by atoms with E-state index < -0.39 is 0 Å². The Morgan fingerprint density at radius 3 is 2.38 bits per heavy atom. The van der Waals surface area contributed by atoms with Crippen molar-refractivity contribution in [2.75, 3.05) is 5.73 Å². The van der Waals surface area contributed by atoms with E-state index in [4.69, 9.17) is 10.5 Å². The van der Waals surface area contributed by atoms with Gasteiger partial charge in [0.05, 0.1) is 5.56 Å². The van der Waals surface area contributed by atoms with Crippen molar-refractivity contribution in [3.63, 3.8) is 0 Å². The summed E-state index contributed by atoms with van der Waals surface area (Å²) in [6.07, 6.45) is 0. The lowest BCUT2D eigenvalue weighted by atomic mass is 10.0. The average Bonchev–Trinajstić information content (AvgIpc) is 2.44. The van der Waals surface area contributed by atoms with Crippen LogP contribution >= 0.6 is 0 Å². The van der Waals surface area contributed by atoms with Gasteiger partial charge in [-0.2, -0.15) is 0 Å². The smallest absolute Gasteiger partial charge is 0.338 e. The summed E-state index contributed by atoms with van der Waals surface area (Å²) >= 11 is 0. The van der Waals surface area contributed by atoms with Crippen LogP contribution in [-0.4, -0.2) is 5.97 Å². The number of nitrogens with two attached hydrogens (primary N) is 1. The van der Waals surface area contributed by atoms with Crippen molar-refractivity contribution in [3.8, 4) is 0 Å². The molecule has 0 bridgehead atoms. The van der Waals surface area contributed by atoms with Crippen LogP contribution in [-0.2, 0) is 11.3 Å². The number of nitrogen functional groups attached to an aromatic ring is 1. The van der Waals surface area contributed by atoms with E-state index in [1.807, 2.05) is 25.1 Å². The summed E-state index contributed by atoms with van der Waals surface area (Å²) in [4.78, 5) is 12.0. The number of hydrogen-bond acceptors (Lipinski definition) is 3. The van der Waals surface area contributed by atoms with Gasteiger partial charge in [0.15, 0.2) is 0 Å². The molecule has 0 spiro atoms. The highest BCUT2D eigenvalue weighted by Crippen LogP contribution is 2.16. The number of rotatable bonds is 4. The second kappa shape index (κ2) is 6.44. The fourth-order valence-electron chi connectivity index (χ4n) is 2.16. The molecule has 0 aliphatic carbocycles. The standard InChI is InChI=1S/C18H21NO2/c1-12(2)15-6-4-14(5-7-15)11-21-18(20)16-8-13(3)9-17(19)10-16/h4-10,12H,11,19H2,1-3H3. The maximum Gasteiger partial charge on any atom is 0.338 e. The molecule has 0 saturated carbocycles. The van der Waals surface area contributed by atoms with Gasteiger partial charge in [0.2, 0.25) is 0 Å². The number of esters is 1. The van der Waals surface area contributed by atoms with Gasteiger partial charge < -0.3 is 10.5 Å². The summed E-state index contributed by atoms with van der Waals surface area (Å²) in [5, 5.41) is 0. The van der Waals surface area contributed by atoms with Crippen LogP contribution in [0.15, 0.2) is 42.5 Å². The van der Waals surface area contributed by atoms with Crippen molar-refractivity contribution in [3.05, 3.63) is 64.7 Å². The molecular weight excluding hydrogens is 262 g/mol. The largest absolute Gasteiger partial charge is 0.457 e. The summed E-state index contributed by atoms with van der Waals surface area (Å²) in [7, 11) is 0. The van der Waals surface area contributed by atoms with Gasteiger partial charge in [-0.25, -0.2) is 4.79 Å². The van der Waals surface area contributed by atoms with Crippen LogP contribution in [0.5, 0.6) is 0 Å². The molecule has 3 nitrogen and oxygen atoms in total. The minimum Gasteiger partial charge on any atom is -0.457 e. The van der Waals surface area contributed by atoms with Gasteiger partial charge in [0.25, 0.3) is 0 Å². The van der Waals surface area contributed by atoms with Gasteiger partial charge in [-0.05, 0) is 47.7 Å². The Bertz CT molecular complexity index is 610. The van der Waals surface area contributed by atoms with Crippen molar-refractivity contribution in [2.24, 2.45) is 0 Å². The maximum absolute atomic E-state index is 12.0. The molecule has 110 valence electrons. The number of hydrogen-bond donors (Lipinski definition) is 1. The van der Waals surface area contributed by atoms with Crippen molar-refractivity contribution < 1.29 is 9.53 Å². The van der Waals surface area contributed by atoms with Crippen LogP contribution in [0.4, 0.5) is 5.69 Å². The Morgan fingerprint density at radius 1 is 1.14 bits per heavy atom. The normalized spacial score (nSPS) is 10.7. The molecule has 0 aliphatic rings. The van der Waals surface area contributed by atoms with Crippen LogP contribution in [0.3, 0.4) is 0 Å². The Hall–Kier alpha value is -2.29. The van der Waals surface area contributed by atoms with E-state index in [0.717, 1.165) is 11.1 Å². The van der Waals surface area contributed by atoms with E-state index in [9.17, 15) is 4.79 Å². The molecule has 21 heavy (non-hydrogen) atoms. The maximum atomic E-state index is 12.0. The van der Waals surface area contributed by atoms with Crippen LogP contribution in [0.25, 0.3) is 0 Å². The van der Waals surface area contributed by atoms with Crippen LogP contribution in [0, 0.1) is 6.92 Å². The fourth-order valence-corrected chi connectivity index (χ4v) is 2.16. The summed E-state index contributed by atoms with van der Waals surface area (Å²) in [6, 6.07) is 13.4. The van der Waals surface area contributed by atoms with Gasteiger partial charge >= 0.3 is 5.97 Å². The number of anilines is 1. The highest BCUT2D eigenvalue weighted by molar-refractivity contribution is 5.90. The van der Waals surface area contributed by atoms with Crippen LogP contribution < -0.4 is 5.73 Å². The first-order chi connectivity index (χ1) is 9.95. The van der Waals surface area contributed by atoms with E-state index in [1.165, 1.54) is 5.56 Å². The summed E-state index contributed by atoms with van der Waals surface area (Å²) in [5.74, 6) is 0.148. The van der Waals surface area contributed by atoms with E-state index in [-0.39, 0.29) is 12.6 Å². The zero-order chi connectivity index (χ0) is 15.4. The lowest BCUT2D eigenvalue weighted by Gasteiger charge is -2.09. The lowest BCUT2D eigenvalue weighted by molar-refractivity contribution is 0.0472. The highest BCUT2D eigenvalue weighted by Gasteiger charge is 2.09. The minimum atomic E-state index is -0.349. The molecule has 2 aromatic rings. The van der Waals surface area contributed by atoms with Crippen molar-refractivity contribution in [1.82, 2.24) is 0 Å². The second-order valence-electron chi connectivity index (χ2n) is 5.60. The molecule has 2 rings (SSSR count). The Balaban J connectivity index is 2.00. The number of carbonyl (C=O) groups excluding carboxylic acids is 1. The number of ether oxygens (including phenoxy) is 1. The highest BCUT2D eigenvalue weighted by atomic mass is 16.5. The summed E-state index contributed by atoms with van der Waals surface area (Å²) in [6.45, 7) is 6.47. The third-order valence-corrected chi connectivity index (χ3v) is 3.35. The van der Waals surface area contributed by atoms with Crippen LogP contribution in [0.2, 0.25) is 0 Å². The van der Waals surface area contributed by atoms with Crippen molar-refractivity contribution >= 4 is 11.7 Å². The Kier molecular flexibility index (Phi) is 4.63. The van der Waals surface area contributed by atoms with E-state index in [1.54, 1.807) is 12.1 Å². The molecule has 0 unspecified atom stereocenters. The summed E-state index contributed by atoms with van der Waals surface area (Å²) in [5.41, 5.74) is 10.0. The molecule has 0 heterocycles. The molecular formula is C18H21NO2. The molecule has 3 heteroatoms. The van der Waals surface area contributed by atoms with Crippen molar-refractivity contribution in [1.29, 1.82) is 0 Å².